The van der Waals surface area contributed by atoms with E-state index in [0.29, 0.717) is 10.6 Å². The topological polar surface area (TPSA) is 34.1 Å². The first-order valence-corrected chi connectivity index (χ1v) is 4.52. The van der Waals surface area contributed by atoms with Crippen LogP contribution in [0.3, 0.4) is 0 Å². The van der Waals surface area contributed by atoms with Gasteiger partial charge < -0.3 is 0 Å². The predicted molar refractivity (Wildman–Crippen MR) is 55.8 cm³/mol. The van der Waals surface area contributed by atoms with Gasteiger partial charge in [0, 0.05) is 16.7 Å². The molecule has 0 heterocycles. The van der Waals surface area contributed by atoms with Crippen LogP contribution in [0.2, 0.25) is 5.02 Å². The Morgan fingerprint density at radius 3 is 2.14 bits per heavy atom. The third kappa shape index (κ3) is 3.32. The van der Waals surface area contributed by atoms with Gasteiger partial charge in [0.25, 0.3) is 0 Å². The molecule has 0 saturated heterocycles. The molecule has 0 unspecified atom stereocenters. The second-order valence-corrected chi connectivity index (χ2v) is 3.32. The molecular weight excluding hydrogens is 223 g/mol. The Morgan fingerprint density at radius 1 is 1.07 bits per heavy atom. The maximum Gasteiger partial charge on any atom is 0.245 e. The van der Waals surface area contributed by atoms with Gasteiger partial charge in [-0.25, -0.2) is 0 Å². The van der Waals surface area contributed by atoms with E-state index in [1.165, 1.54) is 0 Å². The van der Waals surface area contributed by atoms with Crippen LogP contribution in [0.1, 0.15) is 10.4 Å². The molecule has 72 valence electrons. The molecule has 0 saturated carbocycles. The van der Waals surface area contributed by atoms with Gasteiger partial charge in [0.15, 0.2) is 5.78 Å². The highest BCUT2D eigenvalue weighted by Crippen LogP contribution is 2.10. The fourth-order valence-corrected chi connectivity index (χ4v) is 1.04. The molecule has 1 aromatic rings. The van der Waals surface area contributed by atoms with Gasteiger partial charge in [-0.05, 0) is 41.9 Å². The summed E-state index contributed by atoms with van der Waals surface area (Å²) in [6.07, 6.45) is 2.14. The highest BCUT2D eigenvalue weighted by Gasteiger charge is 2.01. The summed E-state index contributed by atoms with van der Waals surface area (Å²) < 4.78 is 0. The lowest BCUT2D eigenvalue weighted by Gasteiger charge is -1.94. The van der Waals surface area contributed by atoms with E-state index in [9.17, 15) is 9.59 Å². The maximum absolute atomic E-state index is 11.3. The van der Waals surface area contributed by atoms with E-state index >= 15 is 0 Å². The molecular formula is C10H6Cl2O2. The average Bonchev–Trinajstić information content (AvgIpc) is 2.15. The molecule has 14 heavy (non-hydrogen) atoms. The molecule has 1 rings (SSSR count). The minimum Gasteiger partial charge on any atom is -0.289 e. The Kier molecular flexibility index (Phi) is 3.86. The zero-order valence-electron chi connectivity index (χ0n) is 7.04. The fourth-order valence-electron chi connectivity index (χ4n) is 0.852. The summed E-state index contributed by atoms with van der Waals surface area (Å²) in [6.45, 7) is 0. The van der Waals surface area contributed by atoms with Crippen molar-refractivity contribution < 1.29 is 9.59 Å². The summed E-state index contributed by atoms with van der Waals surface area (Å²) >= 11 is 10.7. The van der Waals surface area contributed by atoms with E-state index in [4.69, 9.17) is 23.2 Å². The van der Waals surface area contributed by atoms with Crippen LogP contribution >= 0.6 is 23.2 Å². The summed E-state index contributed by atoms with van der Waals surface area (Å²) in [7, 11) is 0. The number of rotatable bonds is 3. The van der Waals surface area contributed by atoms with E-state index < -0.39 is 5.24 Å². The quantitative estimate of drug-likeness (QED) is 0.453. The van der Waals surface area contributed by atoms with Crippen LogP contribution in [0.4, 0.5) is 0 Å². The number of hydrogen-bond donors (Lipinski definition) is 0. The van der Waals surface area contributed by atoms with Crippen LogP contribution in [0.5, 0.6) is 0 Å². The van der Waals surface area contributed by atoms with E-state index in [2.05, 4.69) is 0 Å². The van der Waals surface area contributed by atoms with Gasteiger partial charge in [-0.2, -0.15) is 0 Å². The summed E-state index contributed by atoms with van der Waals surface area (Å²) in [5.41, 5.74) is 0.462. The van der Waals surface area contributed by atoms with Crippen molar-refractivity contribution in [2.45, 2.75) is 0 Å². The minimum atomic E-state index is -0.674. The molecule has 0 aliphatic rings. The molecule has 0 aliphatic heterocycles. The van der Waals surface area contributed by atoms with Crippen molar-refractivity contribution in [2.24, 2.45) is 0 Å². The monoisotopic (exact) mass is 228 g/mol. The maximum atomic E-state index is 11.3. The Labute approximate surface area is 91.1 Å². The largest absolute Gasteiger partial charge is 0.289 e. The fraction of sp³-hybridized carbons (Fsp3) is 0. The summed E-state index contributed by atoms with van der Waals surface area (Å²) in [6, 6.07) is 6.36. The van der Waals surface area contributed by atoms with Gasteiger partial charge in [0.05, 0.1) is 0 Å². The standard InChI is InChI=1S/C10H6Cl2O2/c11-8-3-1-7(2-4-8)9(13)5-6-10(12)14/h1-6H. The summed E-state index contributed by atoms with van der Waals surface area (Å²) in [4.78, 5) is 21.7. The van der Waals surface area contributed by atoms with Crippen LogP contribution in [-0.2, 0) is 4.79 Å². The Hall–Kier alpha value is -1.12. The predicted octanol–water partition coefficient (Wildman–Crippen LogP) is 2.84. The molecule has 2 nitrogen and oxygen atoms in total. The number of benzene rings is 1. The Morgan fingerprint density at radius 2 is 1.64 bits per heavy atom. The number of carbonyl (C=O) groups is 2. The Bertz CT molecular complexity index is 380. The molecule has 4 heteroatoms. The van der Waals surface area contributed by atoms with E-state index in [0.717, 1.165) is 12.2 Å². The highest BCUT2D eigenvalue weighted by atomic mass is 35.5. The molecule has 0 bridgehead atoms. The van der Waals surface area contributed by atoms with Gasteiger partial charge in [-0.3, -0.25) is 9.59 Å². The van der Waals surface area contributed by atoms with Crippen molar-refractivity contribution in [3.05, 3.63) is 47.0 Å². The first kappa shape index (κ1) is 11.0. The molecule has 0 radical (unpaired) electrons. The molecule has 0 aliphatic carbocycles. The second-order valence-electron chi connectivity index (χ2n) is 2.51. The van der Waals surface area contributed by atoms with Crippen molar-refractivity contribution in [1.82, 2.24) is 0 Å². The number of allylic oxidation sites excluding steroid dienone is 2. The van der Waals surface area contributed by atoms with Gasteiger partial charge in [0.2, 0.25) is 5.24 Å². The number of ketones is 1. The number of halogens is 2. The van der Waals surface area contributed by atoms with E-state index in [1.54, 1.807) is 24.3 Å². The summed E-state index contributed by atoms with van der Waals surface area (Å²) in [5.74, 6) is -0.282. The molecule has 1 aromatic carbocycles. The van der Waals surface area contributed by atoms with Crippen molar-refractivity contribution >= 4 is 34.2 Å². The number of carbonyl (C=O) groups excluding carboxylic acids is 2. The highest BCUT2D eigenvalue weighted by molar-refractivity contribution is 6.66. The average molecular weight is 229 g/mol. The zero-order chi connectivity index (χ0) is 10.6. The van der Waals surface area contributed by atoms with Crippen molar-refractivity contribution in [3.63, 3.8) is 0 Å². The van der Waals surface area contributed by atoms with Crippen LogP contribution < -0.4 is 0 Å². The van der Waals surface area contributed by atoms with Crippen molar-refractivity contribution in [1.29, 1.82) is 0 Å². The molecule has 0 N–H and O–H groups in total. The van der Waals surface area contributed by atoms with Gasteiger partial charge in [-0.15, -0.1) is 0 Å². The van der Waals surface area contributed by atoms with Gasteiger partial charge in [0.1, 0.15) is 0 Å². The van der Waals surface area contributed by atoms with Crippen LogP contribution in [0.25, 0.3) is 0 Å². The van der Waals surface area contributed by atoms with Crippen LogP contribution in [0, 0.1) is 0 Å². The van der Waals surface area contributed by atoms with Crippen LogP contribution in [-0.4, -0.2) is 11.0 Å². The minimum absolute atomic E-state index is 0.282. The van der Waals surface area contributed by atoms with E-state index in [1.807, 2.05) is 0 Å². The molecule has 0 spiro atoms. The lowest BCUT2D eigenvalue weighted by Crippen LogP contribution is -1.94. The lowest BCUT2D eigenvalue weighted by atomic mass is 10.1. The third-order valence-electron chi connectivity index (χ3n) is 1.49. The van der Waals surface area contributed by atoms with Crippen molar-refractivity contribution in [2.75, 3.05) is 0 Å². The Balaban J connectivity index is 2.80. The molecule has 0 fully saturated rings. The van der Waals surface area contributed by atoms with Crippen molar-refractivity contribution in [3.8, 4) is 0 Å². The summed E-state index contributed by atoms with van der Waals surface area (Å²) in [5, 5.41) is -0.119. The van der Waals surface area contributed by atoms with Gasteiger partial charge >= 0.3 is 0 Å². The van der Waals surface area contributed by atoms with Gasteiger partial charge in [-0.1, -0.05) is 11.6 Å². The first-order valence-electron chi connectivity index (χ1n) is 3.77. The normalized spacial score (nSPS) is 10.4. The number of hydrogen-bond acceptors (Lipinski definition) is 2. The smallest absolute Gasteiger partial charge is 0.245 e. The SMILES string of the molecule is O=C(Cl)C=CC(=O)c1ccc(Cl)cc1. The molecule has 0 amide bonds. The first-order chi connectivity index (χ1) is 6.59. The zero-order valence-corrected chi connectivity index (χ0v) is 8.55. The van der Waals surface area contributed by atoms with E-state index in [-0.39, 0.29) is 5.78 Å². The second kappa shape index (κ2) is 4.94. The molecule has 0 atom stereocenters. The lowest BCUT2D eigenvalue weighted by molar-refractivity contribution is -0.107. The third-order valence-corrected chi connectivity index (χ3v) is 1.87. The van der Waals surface area contributed by atoms with Crippen LogP contribution in [0.15, 0.2) is 36.4 Å². The molecule has 0 aromatic heterocycles.